The topological polar surface area (TPSA) is 128 Å². The minimum atomic E-state index is -3.88. The first-order valence-electron chi connectivity index (χ1n) is 8.23. The van der Waals surface area contributed by atoms with Gasteiger partial charge in [0, 0.05) is 11.8 Å². The molecule has 1 unspecified atom stereocenters. The summed E-state index contributed by atoms with van der Waals surface area (Å²) in [7, 11) is -0.937. The number of amides is 2. The van der Waals surface area contributed by atoms with Crippen molar-refractivity contribution >= 4 is 33.2 Å². The van der Waals surface area contributed by atoms with Crippen LogP contribution in [-0.2, 0) is 19.6 Å². The summed E-state index contributed by atoms with van der Waals surface area (Å²) < 4.78 is 33.4. The van der Waals surface area contributed by atoms with E-state index in [1.807, 2.05) is 0 Å². The highest BCUT2D eigenvalue weighted by molar-refractivity contribution is 7.89. The molecule has 1 atom stereocenters. The first-order valence-corrected chi connectivity index (χ1v) is 9.77. The van der Waals surface area contributed by atoms with Crippen molar-refractivity contribution in [1.29, 1.82) is 0 Å². The maximum Gasteiger partial charge on any atom is 0.256 e. The minimum Gasteiger partial charge on any atom is -0.493 e. The number of carbonyl (C=O) groups excluding carboxylic acids is 2. The summed E-state index contributed by atoms with van der Waals surface area (Å²) in [5, 5.41) is 8.02. The van der Waals surface area contributed by atoms with E-state index in [-0.39, 0.29) is 11.3 Å². The van der Waals surface area contributed by atoms with Gasteiger partial charge < -0.3 is 14.8 Å². The van der Waals surface area contributed by atoms with Gasteiger partial charge in [-0.25, -0.2) is 18.5 Å². The van der Waals surface area contributed by atoms with Crippen molar-refractivity contribution in [3.05, 3.63) is 42.5 Å². The number of hydrogen-bond donors (Lipinski definition) is 2. The molecule has 10 heteroatoms. The lowest BCUT2D eigenvalue weighted by Crippen LogP contribution is -2.34. The molecule has 1 aliphatic heterocycles. The van der Waals surface area contributed by atoms with Crippen LogP contribution in [0.3, 0.4) is 0 Å². The van der Waals surface area contributed by atoms with Gasteiger partial charge in [-0.15, -0.1) is 0 Å². The maximum absolute atomic E-state index is 12.8. The zero-order valence-electron chi connectivity index (χ0n) is 15.2. The summed E-state index contributed by atoms with van der Waals surface area (Å²) in [6.07, 6.45) is -0.0766. The monoisotopic (exact) mass is 405 g/mol. The smallest absolute Gasteiger partial charge is 0.256 e. The van der Waals surface area contributed by atoms with E-state index in [2.05, 4.69) is 5.32 Å². The molecule has 0 bridgehead atoms. The van der Waals surface area contributed by atoms with E-state index in [4.69, 9.17) is 14.6 Å². The van der Waals surface area contributed by atoms with Gasteiger partial charge in [0.2, 0.25) is 15.9 Å². The number of carbonyl (C=O) groups is 2. The fraction of sp³-hybridized carbons (Fsp3) is 0.222. The Labute approximate surface area is 162 Å². The highest BCUT2D eigenvalue weighted by Gasteiger charge is 2.40. The number of rotatable bonds is 6. The SMILES string of the molecule is COc1ccc(N2C(=O)CC(Nc3cccc(S(N)(=O)=O)c3)C2=O)cc1OC. The lowest BCUT2D eigenvalue weighted by molar-refractivity contribution is -0.121. The van der Waals surface area contributed by atoms with Crippen molar-refractivity contribution in [3.8, 4) is 11.5 Å². The molecule has 1 fully saturated rings. The second kappa shape index (κ2) is 7.49. The number of hydrogen-bond acceptors (Lipinski definition) is 7. The molecule has 2 aromatic rings. The van der Waals surface area contributed by atoms with E-state index in [9.17, 15) is 18.0 Å². The Balaban J connectivity index is 1.85. The quantitative estimate of drug-likeness (QED) is 0.689. The summed E-state index contributed by atoms with van der Waals surface area (Å²) in [6.45, 7) is 0. The fourth-order valence-corrected chi connectivity index (χ4v) is 3.50. The normalized spacial score (nSPS) is 17.0. The van der Waals surface area contributed by atoms with Crippen LogP contribution in [0.2, 0.25) is 0 Å². The van der Waals surface area contributed by atoms with Gasteiger partial charge >= 0.3 is 0 Å². The lowest BCUT2D eigenvalue weighted by Gasteiger charge is -2.18. The zero-order chi connectivity index (χ0) is 20.5. The van der Waals surface area contributed by atoms with Crippen LogP contribution in [0.1, 0.15) is 6.42 Å². The molecule has 0 radical (unpaired) electrons. The van der Waals surface area contributed by atoms with E-state index in [1.54, 1.807) is 24.3 Å². The van der Waals surface area contributed by atoms with Crippen LogP contribution < -0.4 is 24.8 Å². The molecule has 0 saturated carbocycles. The second-order valence-corrected chi connectivity index (χ2v) is 7.64. The first-order chi connectivity index (χ1) is 13.2. The minimum absolute atomic E-state index is 0.0766. The third-order valence-corrected chi connectivity index (χ3v) is 5.19. The molecule has 9 nitrogen and oxygen atoms in total. The molecular formula is C18H19N3O6S. The Hall–Kier alpha value is -3.11. The summed E-state index contributed by atoms with van der Waals surface area (Å²) in [4.78, 5) is 26.2. The van der Waals surface area contributed by atoms with Gasteiger partial charge in [-0.2, -0.15) is 0 Å². The predicted octanol–water partition coefficient (Wildman–Crippen LogP) is 1.10. The van der Waals surface area contributed by atoms with E-state index >= 15 is 0 Å². The number of benzene rings is 2. The van der Waals surface area contributed by atoms with Crippen LogP contribution in [0.15, 0.2) is 47.4 Å². The van der Waals surface area contributed by atoms with Crippen molar-refractivity contribution in [3.63, 3.8) is 0 Å². The largest absolute Gasteiger partial charge is 0.493 e. The number of nitrogens with two attached hydrogens (primary N) is 1. The highest BCUT2D eigenvalue weighted by Crippen LogP contribution is 2.34. The van der Waals surface area contributed by atoms with Gasteiger partial charge in [-0.3, -0.25) is 9.59 Å². The lowest BCUT2D eigenvalue weighted by atomic mass is 10.2. The number of anilines is 2. The molecule has 0 spiro atoms. The maximum atomic E-state index is 12.8. The van der Waals surface area contributed by atoms with Gasteiger partial charge in [0.25, 0.3) is 5.91 Å². The Morgan fingerprint density at radius 1 is 1.07 bits per heavy atom. The molecule has 1 aliphatic rings. The molecule has 3 rings (SSSR count). The number of imide groups is 1. The molecule has 2 amide bonds. The molecule has 1 saturated heterocycles. The van der Waals surface area contributed by atoms with Crippen LogP contribution in [0.4, 0.5) is 11.4 Å². The van der Waals surface area contributed by atoms with Crippen molar-refractivity contribution < 1.29 is 27.5 Å². The van der Waals surface area contributed by atoms with E-state index in [0.29, 0.717) is 22.9 Å². The van der Waals surface area contributed by atoms with E-state index < -0.39 is 27.9 Å². The van der Waals surface area contributed by atoms with Gasteiger partial charge in [-0.05, 0) is 30.3 Å². The van der Waals surface area contributed by atoms with E-state index in [1.165, 1.54) is 32.4 Å². The zero-order valence-corrected chi connectivity index (χ0v) is 16.0. The summed E-state index contributed by atoms with van der Waals surface area (Å²) in [5.41, 5.74) is 0.724. The van der Waals surface area contributed by atoms with Crippen molar-refractivity contribution in [2.24, 2.45) is 5.14 Å². The molecule has 2 aromatic carbocycles. The van der Waals surface area contributed by atoms with Crippen LogP contribution in [0, 0.1) is 0 Å². The Bertz CT molecular complexity index is 1040. The number of sulfonamides is 1. The Morgan fingerprint density at radius 2 is 1.79 bits per heavy atom. The fourth-order valence-electron chi connectivity index (χ4n) is 2.94. The third kappa shape index (κ3) is 3.78. The number of nitrogens with one attached hydrogen (secondary N) is 1. The molecule has 1 heterocycles. The highest BCUT2D eigenvalue weighted by atomic mass is 32.2. The van der Waals surface area contributed by atoms with Crippen LogP contribution in [0.5, 0.6) is 11.5 Å². The first kappa shape index (κ1) is 19.6. The van der Waals surface area contributed by atoms with Gasteiger partial charge in [0.15, 0.2) is 11.5 Å². The number of methoxy groups -OCH3 is 2. The average molecular weight is 405 g/mol. The standard InChI is InChI=1S/C18H19N3O6S/c1-26-15-7-6-12(9-16(15)27-2)21-17(22)10-14(18(21)23)20-11-4-3-5-13(8-11)28(19,24)25/h3-9,14,20H,10H2,1-2H3,(H2,19,24,25). The van der Waals surface area contributed by atoms with Crippen molar-refractivity contribution in [2.45, 2.75) is 17.4 Å². The van der Waals surface area contributed by atoms with E-state index in [0.717, 1.165) is 4.90 Å². The van der Waals surface area contributed by atoms with Crippen molar-refractivity contribution in [2.75, 3.05) is 24.4 Å². The molecular weight excluding hydrogens is 386 g/mol. The molecule has 0 aliphatic carbocycles. The van der Waals surface area contributed by atoms with Crippen LogP contribution >= 0.6 is 0 Å². The summed E-state index contributed by atoms with van der Waals surface area (Å²) in [5.74, 6) is 0.00763. The third-order valence-electron chi connectivity index (χ3n) is 4.28. The molecule has 148 valence electrons. The van der Waals surface area contributed by atoms with Crippen molar-refractivity contribution in [1.82, 2.24) is 0 Å². The molecule has 3 N–H and O–H groups in total. The van der Waals surface area contributed by atoms with Gasteiger partial charge in [-0.1, -0.05) is 6.07 Å². The molecule has 0 aromatic heterocycles. The van der Waals surface area contributed by atoms with Gasteiger partial charge in [0.1, 0.15) is 6.04 Å². The second-order valence-electron chi connectivity index (χ2n) is 6.08. The Kier molecular flexibility index (Phi) is 5.25. The average Bonchev–Trinajstić information content (AvgIpc) is 2.94. The van der Waals surface area contributed by atoms with Crippen LogP contribution in [0.25, 0.3) is 0 Å². The summed E-state index contributed by atoms with van der Waals surface area (Å²) in [6, 6.07) is 9.63. The predicted molar refractivity (Wildman–Crippen MR) is 102 cm³/mol. The number of nitrogens with zero attached hydrogens (tertiary/aromatic N) is 1. The summed E-state index contributed by atoms with van der Waals surface area (Å²) >= 11 is 0. The number of primary sulfonamides is 1. The Morgan fingerprint density at radius 3 is 2.43 bits per heavy atom. The van der Waals surface area contributed by atoms with Crippen LogP contribution in [-0.4, -0.2) is 40.5 Å². The number of ether oxygens (including phenoxy) is 2. The molecule has 28 heavy (non-hydrogen) atoms. The van der Waals surface area contributed by atoms with Gasteiger partial charge in [0.05, 0.1) is 31.2 Å².